The van der Waals surface area contributed by atoms with E-state index in [2.05, 4.69) is 10.3 Å². The largest absolute Gasteiger partial charge is 0.486 e. The van der Waals surface area contributed by atoms with Crippen LogP contribution in [0.1, 0.15) is 15.9 Å². The van der Waals surface area contributed by atoms with E-state index >= 15 is 0 Å². The number of aryl methyl sites for hydroxylation is 1. The van der Waals surface area contributed by atoms with Crippen molar-refractivity contribution in [2.24, 2.45) is 0 Å². The normalized spacial score (nSPS) is 12.2. The molecule has 0 unspecified atom stereocenters. The van der Waals surface area contributed by atoms with Gasteiger partial charge in [-0.3, -0.25) is 19.9 Å². The Bertz CT molecular complexity index is 1120. The van der Waals surface area contributed by atoms with E-state index in [1.807, 2.05) is 6.92 Å². The smallest absolute Gasteiger partial charge is 0.286 e. The molecule has 1 N–H and O–H groups in total. The van der Waals surface area contributed by atoms with E-state index < -0.39 is 10.8 Å². The predicted octanol–water partition coefficient (Wildman–Crippen LogP) is 4.11. The highest BCUT2D eigenvalue weighted by molar-refractivity contribution is 6.07. The van der Waals surface area contributed by atoms with Gasteiger partial charge in [0.15, 0.2) is 11.5 Å². The Kier molecular flexibility index (Phi) is 5.17. The molecule has 0 saturated carbocycles. The van der Waals surface area contributed by atoms with Crippen molar-refractivity contribution in [3.8, 4) is 23.0 Å². The Balaban J connectivity index is 1.57. The summed E-state index contributed by atoms with van der Waals surface area (Å²) in [6.45, 7) is 2.43. The topological polar surface area (TPSA) is 113 Å². The lowest BCUT2D eigenvalue weighted by Gasteiger charge is -2.19. The number of hydrogen-bond acceptors (Lipinski definition) is 7. The van der Waals surface area contributed by atoms with E-state index in [4.69, 9.17) is 14.2 Å². The molecule has 0 aliphatic carbocycles. The molecular weight excluding hydrogens is 390 g/mol. The zero-order valence-corrected chi connectivity index (χ0v) is 16.0. The third-order valence-electron chi connectivity index (χ3n) is 4.40. The van der Waals surface area contributed by atoms with Crippen molar-refractivity contribution in [3.05, 3.63) is 76.1 Å². The third kappa shape index (κ3) is 4.00. The Labute approximate surface area is 171 Å². The van der Waals surface area contributed by atoms with Gasteiger partial charge in [-0.2, -0.15) is 0 Å². The molecule has 1 amide bonds. The standard InChI is InChI=1S/C21H17N3O6/c1-13-9-14(4-5-18(13)30-15-3-2-6-22-12-15)23-21(25)16-10-19-20(29-8-7-28-19)11-17(16)24(26)27/h2-6,9-12H,7-8H2,1H3,(H,23,25). The fourth-order valence-corrected chi connectivity index (χ4v) is 2.99. The number of pyridine rings is 1. The summed E-state index contributed by atoms with van der Waals surface area (Å²) in [5, 5.41) is 14.1. The van der Waals surface area contributed by atoms with Crippen LogP contribution in [0.4, 0.5) is 11.4 Å². The van der Waals surface area contributed by atoms with Crippen molar-refractivity contribution >= 4 is 17.3 Å². The molecule has 1 aliphatic rings. The van der Waals surface area contributed by atoms with Crippen LogP contribution in [-0.4, -0.2) is 29.0 Å². The molecule has 152 valence electrons. The number of ether oxygens (including phenoxy) is 3. The number of carbonyl (C=O) groups excluding carboxylic acids is 1. The van der Waals surface area contributed by atoms with Gasteiger partial charge in [-0.25, -0.2) is 0 Å². The molecule has 0 spiro atoms. The molecule has 1 aromatic heterocycles. The second kappa shape index (κ2) is 8.08. The first-order valence-corrected chi connectivity index (χ1v) is 9.09. The van der Waals surface area contributed by atoms with Crippen LogP contribution in [0.5, 0.6) is 23.0 Å². The Morgan fingerprint density at radius 3 is 2.60 bits per heavy atom. The van der Waals surface area contributed by atoms with Crippen LogP contribution in [0.2, 0.25) is 0 Å². The number of nitro benzene ring substituents is 1. The van der Waals surface area contributed by atoms with Crippen LogP contribution in [-0.2, 0) is 0 Å². The number of fused-ring (bicyclic) bond motifs is 1. The average Bonchev–Trinajstić information content (AvgIpc) is 2.75. The van der Waals surface area contributed by atoms with Gasteiger partial charge in [-0.15, -0.1) is 0 Å². The molecule has 0 radical (unpaired) electrons. The monoisotopic (exact) mass is 407 g/mol. The van der Waals surface area contributed by atoms with E-state index in [0.717, 1.165) is 5.56 Å². The van der Waals surface area contributed by atoms with Crippen LogP contribution >= 0.6 is 0 Å². The number of anilines is 1. The molecule has 2 heterocycles. The molecule has 0 atom stereocenters. The first-order chi connectivity index (χ1) is 14.5. The second-order valence-corrected chi connectivity index (χ2v) is 6.50. The molecule has 9 heteroatoms. The number of benzene rings is 2. The van der Waals surface area contributed by atoms with Crippen molar-refractivity contribution in [1.82, 2.24) is 4.98 Å². The zero-order valence-electron chi connectivity index (χ0n) is 16.0. The quantitative estimate of drug-likeness (QED) is 0.500. The second-order valence-electron chi connectivity index (χ2n) is 6.50. The highest BCUT2D eigenvalue weighted by Crippen LogP contribution is 2.37. The summed E-state index contributed by atoms with van der Waals surface area (Å²) in [7, 11) is 0. The first kappa shape index (κ1) is 19.2. The summed E-state index contributed by atoms with van der Waals surface area (Å²) in [4.78, 5) is 27.6. The molecule has 0 saturated heterocycles. The summed E-state index contributed by atoms with van der Waals surface area (Å²) >= 11 is 0. The lowest BCUT2D eigenvalue weighted by atomic mass is 10.1. The number of nitrogens with zero attached hydrogens (tertiary/aromatic N) is 2. The van der Waals surface area contributed by atoms with Gasteiger partial charge in [0.25, 0.3) is 11.6 Å². The number of rotatable bonds is 5. The SMILES string of the molecule is Cc1cc(NC(=O)c2cc3c(cc2[N+](=O)[O-])OCCO3)ccc1Oc1cccnc1. The summed E-state index contributed by atoms with van der Waals surface area (Å²) < 4.78 is 16.6. The third-order valence-corrected chi connectivity index (χ3v) is 4.40. The minimum Gasteiger partial charge on any atom is -0.486 e. The summed E-state index contributed by atoms with van der Waals surface area (Å²) in [5.41, 5.74) is 0.774. The van der Waals surface area contributed by atoms with Crippen molar-refractivity contribution in [3.63, 3.8) is 0 Å². The van der Waals surface area contributed by atoms with Crippen LogP contribution in [0.15, 0.2) is 54.9 Å². The molecule has 2 aromatic carbocycles. The lowest BCUT2D eigenvalue weighted by Crippen LogP contribution is -2.18. The molecule has 3 aromatic rings. The average molecular weight is 407 g/mol. The van der Waals surface area contributed by atoms with E-state index in [9.17, 15) is 14.9 Å². The van der Waals surface area contributed by atoms with Crippen LogP contribution < -0.4 is 19.5 Å². The van der Waals surface area contributed by atoms with Crippen LogP contribution in [0.3, 0.4) is 0 Å². The maximum atomic E-state index is 12.8. The van der Waals surface area contributed by atoms with Crippen LogP contribution in [0, 0.1) is 17.0 Å². The van der Waals surface area contributed by atoms with Gasteiger partial charge in [0.2, 0.25) is 0 Å². The van der Waals surface area contributed by atoms with Crippen molar-refractivity contribution in [1.29, 1.82) is 0 Å². The molecule has 30 heavy (non-hydrogen) atoms. The zero-order chi connectivity index (χ0) is 21.1. The first-order valence-electron chi connectivity index (χ1n) is 9.09. The number of carbonyl (C=O) groups is 1. The van der Waals surface area contributed by atoms with Crippen molar-refractivity contribution in [2.45, 2.75) is 6.92 Å². The van der Waals surface area contributed by atoms with Gasteiger partial charge < -0.3 is 19.5 Å². The maximum absolute atomic E-state index is 12.8. The summed E-state index contributed by atoms with van der Waals surface area (Å²) in [5.74, 6) is 1.11. The molecular formula is C21H17N3O6. The highest BCUT2D eigenvalue weighted by Gasteiger charge is 2.26. The van der Waals surface area contributed by atoms with E-state index in [1.165, 1.54) is 12.1 Å². The number of aromatic nitrogens is 1. The van der Waals surface area contributed by atoms with Crippen LogP contribution in [0.25, 0.3) is 0 Å². The molecule has 9 nitrogen and oxygen atoms in total. The minimum absolute atomic E-state index is 0.113. The van der Waals surface area contributed by atoms with Gasteiger partial charge in [0, 0.05) is 18.0 Å². The fourth-order valence-electron chi connectivity index (χ4n) is 2.99. The minimum atomic E-state index is -0.626. The molecule has 0 fully saturated rings. The summed E-state index contributed by atoms with van der Waals surface area (Å²) in [6, 6.07) is 11.2. The Hall–Kier alpha value is -4.14. The molecule has 1 aliphatic heterocycles. The molecule has 0 bridgehead atoms. The number of nitro groups is 1. The van der Waals surface area contributed by atoms with E-state index in [0.29, 0.717) is 36.1 Å². The number of hydrogen-bond donors (Lipinski definition) is 1. The van der Waals surface area contributed by atoms with Gasteiger partial charge in [0.05, 0.1) is 17.2 Å². The van der Waals surface area contributed by atoms with Crippen molar-refractivity contribution < 1.29 is 23.9 Å². The summed E-state index contributed by atoms with van der Waals surface area (Å²) in [6.07, 6.45) is 3.24. The van der Waals surface area contributed by atoms with Gasteiger partial charge in [-0.05, 0) is 42.8 Å². The van der Waals surface area contributed by atoms with E-state index in [1.54, 1.807) is 42.7 Å². The van der Waals surface area contributed by atoms with E-state index in [-0.39, 0.29) is 17.0 Å². The predicted molar refractivity (Wildman–Crippen MR) is 108 cm³/mol. The van der Waals surface area contributed by atoms with Gasteiger partial charge in [-0.1, -0.05) is 0 Å². The number of amides is 1. The number of nitrogens with one attached hydrogen (secondary N) is 1. The Morgan fingerprint density at radius 2 is 1.93 bits per heavy atom. The fraction of sp³-hybridized carbons (Fsp3) is 0.143. The Morgan fingerprint density at radius 1 is 1.17 bits per heavy atom. The highest BCUT2D eigenvalue weighted by atomic mass is 16.6. The maximum Gasteiger partial charge on any atom is 0.286 e. The lowest BCUT2D eigenvalue weighted by molar-refractivity contribution is -0.385. The van der Waals surface area contributed by atoms with Gasteiger partial charge in [0.1, 0.15) is 30.3 Å². The van der Waals surface area contributed by atoms with Crippen molar-refractivity contribution in [2.75, 3.05) is 18.5 Å². The van der Waals surface area contributed by atoms with Gasteiger partial charge >= 0.3 is 0 Å². The molecule has 4 rings (SSSR count).